The van der Waals surface area contributed by atoms with E-state index in [9.17, 15) is 0 Å². The fourth-order valence-electron chi connectivity index (χ4n) is 2.92. The minimum atomic E-state index is 0.428. The number of methoxy groups -OCH3 is 1. The summed E-state index contributed by atoms with van der Waals surface area (Å²) >= 11 is 0. The number of nitrogens with zero attached hydrogens (tertiary/aromatic N) is 2. The number of hydrogen-bond donors (Lipinski definition) is 1. The van der Waals surface area contributed by atoms with Crippen LogP contribution in [0.3, 0.4) is 0 Å². The molecule has 0 saturated heterocycles. The fraction of sp³-hybridized carbons (Fsp3) is 0.500. The number of aromatic nitrogens is 2. The van der Waals surface area contributed by atoms with Crippen molar-refractivity contribution in [1.82, 2.24) is 9.97 Å². The van der Waals surface area contributed by atoms with Gasteiger partial charge < -0.3 is 10.1 Å². The van der Waals surface area contributed by atoms with Crippen LogP contribution in [0.5, 0.6) is 0 Å². The minimum Gasteiger partial charge on any atom is -0.381 e. The van der Waals surface area contributed by atoms with Crippen molar-refractivity contribution >= 4 is 16.7 Å². The van der Waals surface area contributed by atoms with Gasteiger partial charge in [-0.1, -0.05) is 11.6 Å². The maximum Gasteiger partial charge on any atom is 0.137 e. The number of nitrogens with one attached hydrogen (secondary N) is 1. The average Bonchev–Trinajstić information content (AvgIpc) is 2.49. The predicted molar refractivity (Wildman–Crippen MR) is 81.0 cm³/mol. The standard InChI is InChI=1S/C16H21N3O/c1-11-3-8-15-14(9-11)16(18-10-17-15)19-12-4-6-13(20-2)7-5-12/h3,8-10,12-13H,4-7H2,1-2H3,(H,17,18,19). The van der Waals surface area contributed by atoms with Crippen LogP contribution in [-0.2, 0) is 4.74 Å². The Bertz CT molecular complexity index is 591. The predicted octanol–water partition coefficient (Wildman–Crippen LogP) is 3.31. The molecule has 0 unspecified atom stereocenters. The van der Waals surface area contributed by atoms with Crippen molar-refractivity contribution in [2.45, 2.75) is 44.8 Å². The van der Waals surface area contributed by atoms with Gasteiger partial charge in [0.15, 0.2) is 0 Å². The zero-order valence-corrected chi connectivity index (χ0v) is 12.1. The molecule has 1 aromatic carbocycles. The van der Waals surface area contributed by atoms with Crippen LogP contribution >= 0.6 is 0 Å². The van der Waals surface area contributed by atoms with Crippen molar-refractivity contribution in [2.24, 2.45) is 0 Å². The average molecular weight is 271 g/mol. The highest BCUT2D eigenvalue weighted by Crippen LogP contribution is 2.26. The van der Waals surface area contributed by atoms with Gasteiger partial charge in [0.2, 0.25) is 0 Å². The summed E-state index contributed by atoms with van der Waals surface area (Å²) in [6.45, 7) is 2.10. The molecule has 1 saturated carbocycles. The molecule has 4 nitrogen and oxygen atoms in total. The smallest absolute Gasteiger partial charge is 0.137 e. The minimum absolute atomic E-state index is 0.428. The van der Waals surface area contributed by atoms with E-state index in [1.165, 1.54) is 5.56 Å². The van der Waals surface area contributed by atoms with Crippen LogP contribution in [0.15, 0.2) is 24.5 Å². The van der Waals surface area contributed by atoms with Crippen molar-refractivity contribution in [3.8, 4) is 0 Å². The van der Waals surface area contributed by atoms with E-state index in [4.69, 9.17) is 4.74 Å². The number of hydrogen-bond acceptors (Lipinski definition) is 4. The maximum atomic E-state index is 5.42. The van der Waals surface area contributed by atoms with Crippen LogP contribution in [0.2, 0.25) is 0 Å². The molecular weight excluding hydrogens is 250 g/mol. The first kappa shape index (κ1) is 13.3. The second-order valence-corrected chi connectivity index (χ2v) is 5.60. The molecule has 1 aliphatic rings. The van der Waals surface area contributed by atoms with Crippen LogP contribution in [0.25, 0.3) is 10.9 Å². The molecule has 1 aliphatic carbocycles. The van der Waals surface area contributed by atoms with Gasteiger partial charge in [-0.25, -0.2) is 9.97 Å². The maximum absolute atomic E-state index is 5.42. The summed E-state index contributed by atoms with van der Waals surface area (Å²) in [7, 11) is 1.80. The summed E-state index contributed by atoms with van der Waals surface area (Å²) in [5, 5.41) is 4.70. The molecular formula is C16H21N3O. The quantitative estimate of drug-likeness (QED) is 0.930. The Hall–Kier alpha value is -1.68. The van der Waals surface area contributed by atoms with Crippen molar-refractivity contribution in [2.75, 3.05) is 12.4 Å². The molecule has 0 amide bonds. The second kappa shape index (κ2) is 5.75. The molecule has 4 heteroatoms. The number of aryl methyl sites for hydroxylation is 1. The van der Waals surface area contributed by atoms with E-state index in [2.05, 4.69) is 40.4 Å². The first-order chi connectivity index (χ1) is 9.76. The third kappa shape index (κ3) is 2.75. The molecule has 3 rings (SSSR count). The summed E-state index contributed by atoms with van der Waals surface area (Å²) in [5.74, 6) is 0.958. The normalized spacial score (nSPS) is 22.9. The highest BCUT2D eigenvalue weighted by molar-refractivity contribution is 5.89. The van der Waals surface area contributed by atoms with Gasteiger partial charge in [-0.3, -0.25) is 0 Å². The number of ether oxygens (including phenoxy) is 1. The lowest BCUT2D eigenvalue weighted by Gasteiger charge is -2.28. The Morgan fingerprint density at radius 3 is 2.70 bits per heavy atom. The first-order valence-electron chi connectivity index (χ1n) is 7.27. The molecule has 1 N–H and O–H groups in total. The van der Waals surface area contributed by atoms with Crippen molar-refractivity contribution in [3.05, 3.63) is 30.1 Å². The molecule has 20 heavy (non-hydrogen) atoms. The Morgan fingerprint density at radius 2 is 1.95 bits per heavy atom. The third-order valence-electron chi connectivity index (χ3n) is 4.14. The van der Waals surface area contributed by atoms with Gasteiger partial charge in [0.05, 0.1) is 11.6 Å². The number of fused-ring (bicyclic) bond motifs is 1. The van der Waals surface area contributed by atoms with Crippen LogP contribution in [0.1, 0.15) is 31.2 Å². The first-order valence-corrected chi connectivity index (χ1v) is 7.27. The molecule has 1 fully saturated rings. The van der Waals surface area contributed by atoms with Crippen molar-refractivity contribution < 1.29 is 4.74 Å². The van der Waals surface area contributed by atoms with Crippen molar-refractivity contribution in [3.63, 3.8) is 0 Å². The Morgan fingerprint density at radius 1 is 1.15 bits per heavy atom. The largest absolute Gasteiger partial charge is 0.381 e. The Labute approximate surface area is 119 Å². The topological polar surface area (TPSA) is 47.0 Å². The van der Waals surface area contributed by atoms with Gasteiger partial charge in [0.1, 0.15) is 12.1 Å². The molecule has 0 aliphatic heterocycles. The molecule has 106 valence electrons. The van der Waals surface area contributed by atoms with Gasteiger partial charge in [0.25, 0.3) is 0 Å². The summed E-state index contributed by atoms with van der Waals surface area (Å²) in [5.41, 5.74) is 2.23. The van der Waals surface area contributed by atoms with E-state index in [1.54, 1.807) is 13.4 Å². The van der Waals surface area contributed by atoms with Crippen LogP contribution < -0.4 is 5.32 Å². The lowest BCUT2D eigenvalue weighted by Crippen LogP contribution is -2.29. The van der Waals surface area contributed by atoms with E-state index >= 15 is 0 Å². The second-order valence-electron chi connectivity index (χ2n) is 5.60. The van der Waals surface area contributed by atoms with E-state index in [1.807, 2.05) is 0 Å². The SMILES string of the molecule is COC1CCC(Nc2ncnc3ccc(C)cc23)CC1. The molecule has 0 bridgehead atoms. The molecule has 1 aromatic heterocycles. The fourth-order valence-corrected chi connectivity index (χ4v) is 2.92. The summed E-state index contributed by atoms with van der Waals surface area (Å²) in [6, 6.07) is 6.78. The number of rotatable bonds is 3. The highest BCUT2D eigenvalue weighted by atomic mass is 16.5. The highest BCUT2D eigenvalue weighted by Gasteiger charge is 2.21. The summed E-state index contributed by atoms with van der Waals surface area (Å²) < 4.78 is 5.42. The number of benzene rings is 1. The summed E-state index contributed by atoms with van der Waals surface area (Å²) in [6.07, 6.45) is 6.58. The lowest BCUT2D eigenvalue weighted by molar-refractivity contribution is 0.0681. The van der Waals surface area contributed by atoms with Crippen LogP contribution in [-0.4, -0.2) is 29.2 Å². The summed E-state index contributed by atoms with van der Waals surface area (Å²) in [4.78, 5) is 8.76. The van der Waals surface area contributed by atoms with E-state index in [0.29, 0.717) is 12.1 Å². The number of anilines is 1. The van der Waals surface area contributed by atoms with E-state index in [-0.39, 0.29) is 0 Å². The Kier molecular flexibility index (Phi) is 3.83. The van der Waals surface area contributed by atoms with Gasteiger partial charge in [0, 0.05) is 18.5 Å². The van der Waals surface area contributed by atoms with E-state index in [0.717, 1.165) is 42.4 Å². The van der Waals surface area contributed by atoms with Gasteiger partial charge >= 0.3 is 0 Å². The van der Waals surface area contributed by atoms with Crippen LogP contribution in [0.4, 0.5) is 5.82 Å². The zero-order valence-electron chi connectivity index (χ0n) is 12.1. The van der Waals surface area contributed by atoms with Gasteiger partial charge in [-0.2, -0.15) is 0 Å². The Balaban J connectivity index is 1.79. The monoisotopic (exact) mass is 271 g/mol. The van der Waals surface area contributed by atoms with Gasteiger partial charge in [-0.15, -0.1) is 0 Å². The molecule has 2 aromatic rings. The molecule has 0 spiro atoms. The van der Waals surface area contributed by atoms with Gasteiger partial charge in [-0.05, 0) is 44.7 Å². The zero-order chi connectivity index (χ0) is 13.9. The van der Waals surface area contributed by atoms with Crippen LogP contribution in [0, 0.1) is 6.92 Å². The van der Waals surface area contributed by atoms with E-state index < -0.39 is 0 Å². The molecule has 0 radical (unpaired) electrons. The molecule has 1 heterocycles. The lowest BCUT2D eigenvalue weighted by atomic mass is 9.93. The van der Waals surface area contributed by atoms with Crippen molar-refractivity contribution in [1.29, 1.82) is 0 Å². The third-order valence-corrected chi connectivity index (χ3v) is 4.14. The molecule has 0 atom stereocenters.